The molecule has 0 aliphatic carbocycles. The number of rotatable bonds is 7. The van der Waals surface area contributed by atoms with Crippen LogP contribution in [0.15, 0.2) is 42.5 Å². The zero-order chi connectivity index (χ0) is 20.0. The molecule has 0 saturated heterocycles. The minimum atomic E-state index is -1.14. The Morgan fingerprint density at radius 2 is 1.67 bits per heavy atom. The Morgan fingerprint density at radius 3 is 2.30 bits per heavy atom. The normalized spacial score (nSPS) is 11.6. The molecule has 0 spiro atoms. The van der Waals surface area contributed by atoms with Crippen molar-refractivity contribution >= 4 is 34.9 Å². The van der Waals surface area contributed by atoms with Crippen LogP contribution in [0.2, 0.25) is 5.02 Å². The van der Waals surface area contributed by atoms with Gasteiger partial charge in [-0.25, -0.2) is 8.78 Å². The Hall–Kier alpha value is -2.80. The molecule has 5 nitrogen and oxygen atoms in total. The fourth-order valence-corrected chi connectivity index (χ4v) is 2.35. The number of anilines is 1. The summed E-state index contributed by atoms with van der Waals surface area (Å²) in [6.07, 6.45) is -1.51. The summed E-state index contributed by atoms with van der Waals surface area (Å²) in [5.74, 6) is -2.75. The van der Waals surface area contributed by atoms with Crippen LogP contribution in [-0.2, 0) is 14.3 Å². The summed E-state index contributed by atoms with van der Waals surface area (Å²) in [6, 6.07) is 8.40. The summed E-state index contributed by atoms with van der Waals surface area (Å²) < 4.78 is 30.8. The van der Waals surface area contributed by atoms with Crippen molar-refractivity contribution in [2.75, 3.05) is 5.32 Å². The monoisotopic (exact) mass is 395 g/mol. The lowest BCUT2D eigenvalue weighted by Gasteiger charge is -2.14. The number of nitrogens with one attached hydrogen (secondary N) is 1. The standard InChI is InChI=1S/C19H16ClF2NO4/c1-11(19(26)23-16-7-6-14(22)10-15(16)20)27-18(25)9-8-17(24)12-2-4-13(21)5-3-12/h2-7,10-11H,8-9H2,1H3,(H,23,26)/t11-/m1/s1. The number of benzene rings is 2. The summed E-state index contributed by atoms with van der Waals surface area (Å²) in [7, 11) is 0. The molecule has 8 heteroatoms. The highest BCUT2D eigenvalue weighted by molar-refractivity contribution is 6.33. The summed E-state index contributed by atoms with van der Waals surface area (Å²) >= 11 is 5.81. The first-order valence-corrected chi connectivity index (χ1v) is 8.38. The summed E-state index contributed by atoms with van der Waals surface area (Å²) in [4.78, 5) is 35.8. The number of hydrogen-bond acceptors (Lipinski definition) is 4. The van der Waals surface area contributed by atoms with E-state index >= 15 is 0 Å². The molecule has 0 radical (unpaired) electrons. The Bertz CT molecular complexity index is 855. The molecule has 2 rings (SSSR count). The third-order valence-corrected chi connectivity index (χ3v) is 3.90. The van der Waals surface area contributed by atoms with Crippen LogP contribution in [0.4, 0.5) is 14.5 Å². The van der Waals surface area contributed by atoms with Crippen LogP contribution < -0.4 is 5.32 Å². The molecule has 0 fully saturated rings. The van der Waals surface area contributed by atoms with Crippen LogP contribution in [0.25, 0.3) is 0 Å². The van der Waals surface area contributed by atoms with E-state index in [-0.39, 0.29) is 34.9 Å². The Kier molecular flexibility index (Phi) is 7.01. The average molecular weight is 396 g/mol. The maximum atomic E-state index is 13.0. The lowest BCUT2D eigenvalue weighted by molar-refractivity contribution is -0.153. The zero-order valence-corrected chi connectivity index (χ0v) is 15.1. The molecule has 0 unspecified atom stereocenters. The van der Waals surface area contributed by atoms with Gasteiger partial charge in [-0.2, -0.15) is 0 Å². The topological polar surface area (TPSA) is 72.5 Å². The van der Waals surface area contributed by atoms with Crippen molar-refractivity contribution in [2.24, 2.45) is 0 Å². The molecule has 1 amide bonds. The van der Waals surface area contributed by atoms with Crippen molar-refractivity contribution in [3.8, 4) is 0 Å². The fourth-order valence-electron chi connectivity index (χ4n) is 2.13. The molecule has 1 N–H and O–H groups in total. The molecule has 2 aromatic carbocycles. The van der Waals surface area contributed by atoms with Crippen molar-refractivity contribution in [3.05, 3.63) is 64.7 Å². The van der Waals surface area contributed by atoms with E-state index in [4.69, 9.17) is 16.3 Å². The molecular weight excluding hydrogens is 380 g/mol. The minimum absolute atomic E-state index is 0.00627. The van der Waals surface area contributed by atoms with Crippen LogP contribution in [0, 0.1) is 11.6 Å². The number of Topliss-reactive ketones (excluding diaryl/α,β-unsaturated/α-hetero) is 1. The van der Waals surface area contributed by atoms with Gasteiger partial charge in [0.1, 0.15) is 11.6 Å². The van der Waals surface area contributed by atoms with E-state index in [0.29, 0.717) is 0 Å². The van der Waals surface area contributed by atoms with Crippen molar-refractivity contribution in [1.82, 2.24) is 0 Å². The van der Waals surface area contributed by atoms with Gasteiger partial charge in [0.15, 0.2) is 11.9 Å². The number of carbonyl (C=O) groups excluding carboxylic acids is 3. The van der Waals surface area contributed by atoms with E-state index in [1.165, 1.54) is 25.1 Å². The number of amides is 1. The van der Waals surface area contributed by atoms with Gasteiger partial charge in [0, 0.05) is 12.0 Å². The molecule has 27 heavy (non-hydrogen) atoms. The second kappa shape index (κ2) is 9.23. The third-order valence-electron chi connectivity index (χ3n) is 3.59. The molecule has 0 aromatic heterocycles. The van der Waals surface area contributed by atoms with E-state index < -0.39 is 29.6 Å². The van der Waals surface area contributed by atoms with Crippen molar-refractivity contribution in [2.45, 2.75) is 25.9 Å². The van der Waals surface area contributed by atoms with Crippen molar-refractivity contribution < 1.29 is 27.9 Å². The molecule has 142 valence electrons. The van der Waals surface area contributed by atoms with E-state index in [2.05, 4.69) is 5.32 Å². The highest BCUT2D eigenvalue weighted by Crippen LogP contribution is 2.22. The number of carbonyl (C=O) groups is 3. The van der Waals surface area contributed by atoms with E-state index in [9.17, 15) is 23.2 Å². The van der Waals surface area contributed by atoms with Crippen LogP contribution in [-0.4, -0.2) is 23.8 Å². The first kappa shape index (κ1) is 20.5. The number of halogens is 3. The molecular formula is C19H16ClF2NO4. The van der Waals surface area contributed by atoms with Crippen molar-refractivity contribution in [3.63, 3.8) is 0 Å². The molecule has 2 aromatic rings. The molecule has 1 atom stereocenters. The Labute approximate surface area is 159 Å². The number of hydrogen-bond donors (Lipinski definition) is 1. The third kappa shape index (κ3) is 6.14. The zero-order valence-electron chi connectivity index (χ0n) is 14.3. The Morgan fingerprint density at radius 1 is 1.04 bits per heavy atom. The van der Waals surface area contributed by atoms with Gasteiger partial charge < -0.3 is 10.1 Å². The summed E-state index contributed by atoms with van der Waals surface area (Å²) in [5.41, 5.74) is 0.457. The fraction of sp³-hybridized carbons (Fsp3) is 0.211. The van der Waals surface area contributed by atoms with Gasteiger partial charge in [0.25, 0.3) is 5.91 Å². The Balaban J connectivity index is 1.82. The van der Waals surface area contributed by atoms with Gasteiger partial charge >= 0.3 is 5.97 Å². The molecule has 0 bridgehead atoms. The smallest absolute Gasteiger partial charge is 0.307 e. The van der Waals surface area contributed by atoms with Gasteiger partial charge in [-0.15, -0.1) is 0 Å². The number of ketones is 1. The predicted molar refractivity (Wildman–Crippen MR) is 95.6 cm³/mol. The lowest BCUT2D eigenvalue weighted by Crippen LogP contribution is -2.30. The summed E-state index contributed by atoms with van der Waals surface area (Å²) in [6.45, 7) is 1.35. The van der Waals surface area contributed by atoms with Crippen LogP contribution >= 0.6 is 11.6 Å². The lowest BCUT2D eigenvalue weighted by atomic mass is 10.1. The average Bonchev–Trinajstić information content (AvgIpc) is 2.62. The van der Waals surface area contributed by atoms with Crippen LogP contribution in [0.1, 0.15) is 30.1 Å². The van der Waals surface area contributed by atoms with Gasteiger partial charge in [-0.05, 0) is 49.4 Å². The number of ether oxygens (including phenoxy) is 1. The maximum absolute atomic E-state index is 13.0. The molecule has 0 heterocycles. The predicted octanol–water partition coefficient (Wildman–Crippen LogP) is 4.15. The summed E-state index contributed by atoms with van der Waals surface area (Å²) in [5, 5.41) is 2.43. The second-order valence-electron chi connectivity index (χ2n) is 5.68. The van der Waals surface area contributed by atoms with E-state index in [0.717, 1.165) is 24.3 Å². The molecule has 0 saturated carbocycles. The molecule has 0 aliphatic rings. The number of esters is 1. The molecule has 0 aliphatic heterocycles. The van der Waals surface area contributed by atoms with Gasteiger partial charge in [0.2, 0.25) is 0 Å². The van der Waals surface area contributed by atoms with Gasteiger partial charge in [-0.3, -0.25) is 14.4 Å². The largest absolute Gasteiger partial charge is 0.453 e. The highest BCUT2D eigenvalue weighted by Gasteiger charge is 2.19. The van der Waals surface area contributed by atoms with E-state index in [1.54, 1.807) is 0 Å². The van der Waals surface area contributed by atoms with Crippen LogP contribution in [0.3, 0.4) is 0 Å². The van der Waals surface area contributed by atoms with Gasteiger partial charge in [-0.1, -0.05) is 11.6 Å². The maximum Gasteiger partial charge on any atom is 0.307 e. The second-order valence-corrected chi connectivity index (χ2v) is 6.08. The minimum Gasteiger partial charge on any atom is -0.453 e. The van der Waals surface area contributed by atoms with Crippen LogP contribution in [0.5, 0.6) is 0 Å². The quantitative estimate of drug-likeness (QED) is 0.564. The van der Waals surface area contributed by atoms with Gasteiger partial charge in [0.05, 0.1) is 17.1 Å². The SMILES string of the molecule is C[C@@H](OC(=O)CCC(=O)c1ccc(F)cc1)C(=O)Nc1ccc(F)cc1Cl. The highest BCUT2D eigenvalue weighted by atomic mass is 35.5. The van der Waals surface area contributed by atoms with E-state index in [1.807, 2.05) is 0 Å². The first-order chi connectivity index (χ1) is 12.8. The first-order valence-electron chi connectivity index (χ1n) is 8.00. The van der Waals surface area contributed by atoms with Crippen molar-refractivity contribution in [1.29, 1.82) is 0 Å².